The summed E-state index contributed by atoms with van der Waals surface area (Å²) in [5.41, 5.74) is 0.834. The molecular weight excluding hydrogens is 361 g/mol. The van der Waals surface area contributed by atoms with Gasteiger partial charge in [0.25, 0.3) is 0 Å². The molecule has 7 heteroatoms. The summed E-state index contributed by atoms with van der Waals surface area (Å²) in [4.78, 5) is 14.1. The third-order valence-corrected chi connectivity index (χ3v) is 4.18. The van der Waals surface area contributed by atoms with E-state index in [9.17, 15) is 4.79 Å². The molecule has 0 saturated carbocycles. The first kappa shape index (κ1) is 24.0. The van der Waals surface area contributed by atoms with E-state index in [-0.39, 0.29) is 30.7 Å². The minimum absolute atomic E-state index is 0. The Morgan fingerprint density at radius 1 is 1.20 bits per heavy atom. The van der Waals surface area contributed by atoms with E-state index in [2.05, 4.69) is 15.5 Å². The Bertz CT molecular complexity index is 478. The summed E-state index contributed by atoms with van der Waals surface area (Å²) < 4.78 is 5.64. The lowest BCUT2D eigenvalue weighted by molar-refractivity contribution is -0.116. The van der Waals surface area contributed by atoms with Gasteiger partial charge in [-0.3, -0.25) is 4.79 Å². The molecule has 0 aliphatic carbocycles. The van der Waals surface area contributed by atoms with Crippen molar-refractivity contribution in [3.8, 4) is 5.75 Å². The highest BCUT2D eigenvalue weighted by atomic mass is 35.5. The molecule has 2 rings (SSSR count). The van der Waals surface area contributed by atoms with Crippen LogP contribution in [0.25, 0.3) is 0 Å². The molecule has 0 atom stereocenters. The summed E-state index contributed by atoms with van der Waals surface area (Å²) >= 11 is 0. The zero-order valence-electron chi connectivity index (χ0n) is 15.1. The van der Waals surface area contributed by atoms with Crippen molar-refractivity contribution in [2.24, 2.45) is 5.92 Å². The van der Waals surface area contributed by atoms with Crippen LogP contribution in [0.4, 0.5) is 5.69 Å². The predicted molar refractivity (Wildman–Crippen MR) is 108 cm³/mol. The fraction of sp³-hybridized carbons (Fsp3) is 0.611. The van der Waals surface area contributed by atoms with Crippen LogP contribution in [0, 0.1) is 5.92 Å². The molecule has 2 N–H and O–H groups in total. The largest absolute Gasteiger partial charge is 0.492 e. The van der Waals surface area contributed by atoms with Crippen molar-refractivity contribution in [3.63, 3.8) is 0 Å². The quantitative estimate of drug-likeness (QED) is 0.714. The van der Waals surface area contributed by atoms with Crippen molar-refractivity contribution >= 4 is 36.4 Å². The van der Waals surface area contributed by atoms with Crippen LogP contribution in [0.5, 0.6) is 5.75 Å². The number of halogens is 2. The average Bonchev–Trinajstić information content (AvgIpc) is 2.55. The Hall–Kier alpha value is -1.01. The highest BCUT2D eigenvalue weighted by Gasteiger charge is 2.14. The molecule has 25 heavy (non-hydrogen) atoms. The summed E-state index contributed by atoms with van der Waals surface area (Å²) in [6.45, 7) is 3.72. The molecular formula is C18H31Cl2N3O2. The third kappa shape index (κ3) is 9.90. The lowest BCUT2D eigenvalue weighted by Gasteiger charge is -2.22. The maximum atomic E-state index is 12.0. The lowest BCUT2D eigenvalue weighted by atomic mass is 9.93. The number of carbonyl (C=O) groups excluding carboxylic acids is 1. The van der Waals surface area contributed by atoms with Gasteiger partial charge in [-0.05, 0) is 76.6 Å². The zero-order valence-corrected chi connectivity index (χ0v) is 16.8. The van der Waals surface area contributed by atoms with Crippen molar-refractivity contribution in [1.29, 1.82) is 0 Å². The zero-order chi connectivity index (χ0) is 16.5. The number of nitrogens with one attached hydrogen (secondary N) is 2. The lowest BCUT2D eigenvalue weighted by Crippen LogP contribution is -2.28. The maximum absolute atomic E-state index is 12.0. The van der Waals surface area contributed by atoms with Gasteiger partial charge in [0.1, 0.15) is 12.4 Å². The first-order valence-corrected chi connectivity index (χ1v) is 8.51. The number of amides is 1. The van der Waals surface area contributed by atoms with E-state index in [0.29, 0.717) is 18.9 Å². The molecule has 0 spiro atoms. The second kappa shape index (κ2) is 13.2. The van der Waals surface area contributed by atoms with Crippen molar-refractivity contribution < 1.29 is 9.53 Å². The standard InChI is InChI=1S/C18H29N3O2.2ClH/c1-21(2)13-14-23-17-6-4-16(5-7-17)20-18(22)8-3-15-9-11-19-12-10-15;;/h4-7,15,19H,3,8-14H2,1-2H3,(H,20,22);2*1H. The van der Waals surface area contributed by atoms with Crippen LogP contribution < -0.4 is 15.4 Å². The average molecular weight is 392 g/mol. The summed E-state index contributed by atoms with van der Waals surface area (Å²) in [5.74, 6) is 1.62. The van der Waals surface area contributed by atoms with E-state index in [1.165, 1.54) is 12.8 Å². The van der Waals surface area contributed by atoms with E-state index in [4.69, 9.17) is 4.74 Å². The number of hydrogen-bond donors (Lipinski definition) is 2. The molecule has 1 aromatic carbocycles. The molecule has 1 amide bonds. The highest BCUT2D eigenvalue weighted by molar-refractivity contribution is 5.90. The number of likely N-dealkylation sites (N-methyl/N-ethyl adjacent to an activating group) is 1. The van der Waals surface area contributed by atoms with Gasteiger partial charge in [0.15, 0.2) is 0 Å². The van der Waals surface area contributed by atoms with Gasteiger partial charge in [0, 0.05) is 18.7 Å². The molecule has 0 unspecified atom stereocenters. The summed E-state index contributed by atoms with van der Waals surface area (Å²) in [5, 5.41) is 6.32. The number of benzene rings is 1. The first-order chi connectivity index (χ1) is 11.1. The molecule has 0 aromatic heterocycles. The van der Waals surface area contributed by atoms with E-state index in [0.717, 1.165) is 37.5 Å². The topological polar surface area (TPSA) is 53.6 Å². The molecule has 1 aliphatic heterocycles. The van der Waals surface area contributed by atoms with E-state index < -0.39 is 0 Å². The van der Waals surface area contributed by atoms with Crippen molar-refractivity contribution in [1.82, 2.24) is 10.2 Å². The van der Waals surface area contributed by atoms with Crippen LogP contribution in [0.15, 0.2) is 24.3 Å². The van der Waals surface area contributed by atoms with Crippen molar-refractivity contribution in [2.75, 3.05) is 45.7 Å². The fourth-order valence-corrected chi connectivity index (χ4v) is 2.71. The maximum Gasteiger partial charge on any atom is 0.224 e. The monoisotopic (exact) mass is 391 g/mol. The Kier molecular flexibility index (Phi) is 12.7. The SMILES string of the molecule is CN(C)CCOc1ccc(NC(=O)CCC2CCNCC2)cc1.Cl.Cl. The smallest absolute Gasteiger partial charge is 0.224 e. The molecule has 1 aromatic rings. The third-order valence-electron chi connectivity index (χ3n) is 4.18. The summed E-state index contributed by atoms with van der Waals surface area (Å²) in [7, 11) is 4.04. The number of rotatable bonds is 8. The predicted octanol–water partition coefficient (Wildman–Crippen LogP) is 3.19. The number of hydrogen-bond acceptors (Lipinski definition) is 4. The number of anilines is 1. The molecule has 1 fully saturated rings. The Morgan fingerprint density at radius 2 is 1.84 bits per heavy atom. The molecule has 0 radical (unpaired) electrons. The molecule has 0 bridgehead atoms. The second-order valence-electron chi connectivity index (χ2n) is 6.46. The molecule has 144 valence electrons. The van der Waals surface area contributed by atoms with E-state index >= 15 is 0 Å². The fourth-order valence-electron chi connectivity index (χ4n) is 2.71. The number of piperidine rings is 1. The van der Waals surface area contributed by atoms with Gasteiger partial charge in [0.05, 0.1) is 0 Å². The minimum Gasteiger partial charge on any atom is -0.492 e. The van der Waals surface area contributed by atoms with Gasteiger partial charge in [-0.15, -0.1) is 24.8 Å². The van der Waals surface area contributed by atoms with Gasteiger partial charge >= 0.3 is 0 Å². The van der Waals surface area contributed by atoms with Crippen molar-refractivity contribution in [3.05, 3.63) is 24.3 Å². The van der Waals surface area contributed by atoms with E-state index in [1.807, 2.05) is 38.4 Å². The van der Waals surface area contributed by atoms with Crippen molar-refractivity contribution in [2.45, 2.75) is 25.7 Å². The van der Waals surface area contributed by atoms with Crippen LogP contribution in [-0.4, -0.2) is 51.1 Å². The highest BCUT2D eigenvalue weighted by Crippen LogP contribution is 2.19. The molecule has 5 nitrogen and oxygen atoms in total. The van der Waals surface area contributed by atoms with E-state index in [1.54, 1.807) is 0 Å². The normalized spacial score (nSPS) is 14.4. The van der Waals surface area contributed by atoms with Gasteiger partial charge in [0.2, 0.25) is 5.91 Å². The summed E-state index contributed by atoms with van der Waals surface area (Å²) in [6.07, 6.45) is 3.96. The Morgan fingerprint density at radius 3 is 2.44 bits per heavy atom. The van der Waals surface area contributed by atoms with Gasteiger partial charge < -0.3 is 20.3 Å². The van der Waals surface area contributed by atoms with Gasteiger partial charge in [-0.2, -0.15) is 0 Å². The van der Waals surface area contributed by atoms with Crippen LogP contribution >= 0.6 is 24.8 Å². The Balaban J connectivity index is 0.00000288. The molecule has 1 heterocycles. The minimum atomic E-state index is 0. The number of ether oxygens (including phenoxy) is 1. The van der Waals surface area contributed by atoms with Crippen LogP contribution in [-0.2, 0) is 4.79 Å². The number of nitrogens with zero attached hydrogens (tertiary/aromatic N) is 1. The molecule has 1 saturated heterocycles. The number of carbonyl (C=O) groups is 1. The van der Waals surface area contributed by atoms with Gasteiger partial charge in [-0.25, -0.2) is 0 Å². The summed E-state index contributed by atoms with van der Waals surface area (Å²) in [6, 6.07) is 7.59. The van der Waals surface area contributed by atoms with Crippen LogP contribution in [0.3, 0.4) is 0 Å². The first-order valence-electron chi connectivity index (χ1n) is 8.51. The van der Waals surface area contributed by atoms with Crippen LogP contribution in [0.1, 0.15) is 25.7 Å². The second-order valence-corrected chi connectivity index (χ2v) is 6.46. The molecule has 1 aliphatic rings. The Labute approximate surface area is 163 Å². The van der Waals surface area contributed by atoms with Crippen LogP contribution in [0.2, 0.25) is 0 Å². The van der Waals surface area contributed by atoms with Gasteiger partial charge in [-0.1, -0.05) is 0 Å².